The van der Waals surface area contributed by atoms with Gasteiger partial charge in [-0.25, -0.2) is 4.98 Å². The van der Waals surface area contributed by atoms with Crippen molar-refractivity contribution in [2.45, 2.75) is 33.4 Å². The summed E-state index contributed by atoms with van der Waals surface area (Å²) < 4.78 is 37.2. The molecule has 1 aromatic rings. The molecule has 18 heavy (non-hydrogen) atoms. The van der Waals surface area contributed by atoms with Gasteiger partial charge in [0.15, 0.2) is 0 Å². The summed E-state index contributed by atoms with van der Waals surface area (Å²) in [7, 11) is 0. The van der Waals surface area contributed by atoms with Gasteiger partial charge < -0.3 is 5.32 Å². The highest BCUT2D eigenvalue weighted by atomic mass is 35.5. The number of halogens is 4. The minimum absolute atomic E-state index is 0.0151. The predicted molar refractivity (Wildman–Crippen MR) is 66.8 cm³/mol. The van der Waals surface area contributed by atoms with Gasteiger partial charge in [0.05, 0.1) is 10.6 Å². The lowest BCUT2D eigenvalue weighted by Crippen LogP contribution is -2.14. The molecule has 0 aromatic carbocycles. The van der Waals surface area contributed by atoms with E-state index < -0.39 is 11.7 Å². The third-order valence-electron chi connectivity index (χ3n) is 2.34. The summed E-state index contributed by atoms with van der Waals surface area (Å²) in [6, 6.07) is 0.883. The molecule has 0 saturated heterocycles. The normalized spacial score (nSPS) is 12.6. The fourth-order valence-corrected chi connectivity index (χ4v) is 1.51. The lowest BCUT2D eigenvalue weighted by atomic mass is 9.92. The third kappa shape index (κ3) is 4.72. The molecule has 0 aliphatic carbocycles. The molecule has 1 heterocycles. The summed E-state index contributed by atoms with van der Waals surface area (Å²) in [6.45, 7) is 6.85. The lowest BCUT2D eigenvalue weighted by molar-refractivity contribution is -0.137. The number of anilines is 1. The molecular formula is C12H16ClF3N2. The minimum Gasteiger partial charge on any atom is -0.369 e. The van der Waals surface area contributed by atoms with E-state index >= 15 is 0 Å². The van der Waals surface area contributed by atoms with Crippen molar-refractivity contribution in [2.75, 3.05) is 11.9 Å². The lowest BCUT2D eigenvalue weighted by Gasteiger charge is -2.18. The van der Waals surface area contributed by atoms with E-state index in [0.29, 0.717) is 6.54 Å². The highest BCUT2D eigenvalue weighted by molar-refractivity contribution is 6.32. The monoisotopic (exact) mass is 280 g/mol. The number of aromatic nitrogens is 1. The van der Waals surface area contributed by atoms with Crippen LogP contribution >= 0.6 is 11.6 Å². The predicted octanol–water partition coefficient (Wildman–Crippen LogP) is 4.60. The van der Waals surface area contributed by atoms with E-state index in [1.165, 1.54) is 0 Å². The molecular weight excluding hydrogens is 265 g/mol. The highest BCUT2D eigenvalue weighted by Gasteiger charge is 2.31. The van der Waals surface area contributed by atoms with E-state index in [9.17, 15) is 13.2 Å². The van der Waals surface area contributed by atoms with Crippen LogP contribution in [0, 0.1) is 5.41 Å². The van der Waals surface area contributed by atoms with Crippen molar-refractivity contribution in [3.05, 3.63) is 22.8 Å². The Hall–Kier alpha value is -0.970. The first kappa shape index (κ1) is 15.1. The summed E-state index contributed by atoms with van der Waals surface area (Å²) in [4.78, 5) is 3.70. The van der Waals surface area contributed by atoms with E-state index in [0.717, 1.165) is 18.7 Å². The van der Waals surface area contributed by atoms with Crippen molar-refractivity contribution in [2.24, 2.45) is 5.41 Å². The van der Waals surface area contributed by atoms with Gasteiger partial charge in [0.1, 0.15) is 5.82 Å². The number of pyridine rings is 1. The Kier molecular flexibility index (Phi) is 4.48. The van der Waals surface area contributed by atoms with Gasteiger partial charge in [-0.3, -0.25) is 0 Å². The van der Waals surface area contributed by atoms with Crippen molar-refractivity contribution in [1.82, 2.24) is 4.98 Å². The molecule has 0 amide bonds. The molecule has 0 atom stereocenters. The van der Waals surface area contributed by atoms with Crippen molar-refractivity contribution in [3.8, 4) is 0 Å². The molecule has 0 radical (unpaired) electrons. The second kappa shape index (κ2) is 5.34. The molecule has 0 spiro atoms. The van der Waals surface area contributed by atoms with Crippen LogP contribution in [0.4, 0.5) is 19.0 Å². The third-order valence-corrected chi connectivity index (χ3v) is 2.62. The van der Waals surface area contributed by atoms with E-state index in [-0.39, 0.29) is 16.3 Å². The summed E-state index contributed by atoms with van der Waals surface area (Å²) in [5.41, 5.74) is -0.695. The Balaban J connectivity index is 2.69. The van der Waals surface area contributed by atoms with Gasteiger partial charge in [0, 0.05) is 12.7 Å². The molecule has 102 valence electrons. The Bertz CT molecular complexity index is 411. The standard InChI is InChI=1S/C12H16ClF3N2/c1-11(2,3)4-5-17-10-9(13)6-8(7-18-10)12(14,15)16/h6-7H,4-5H2,1-3H3,(H,17,18). The second-order valence-corrected chi connectivity index (χ2v) is 5.70. The maximum absolute atomic E-state index is 12.4. The molecule has 1 rings (SSSR count). The van der Waals surface area contributed by atoms with Crippen molar-refractivity contribution < 1.29 is 13.2 Å². The van der Waals surface area contributed by atoms with Crippen LogP contribution in [0.5, 0.6) is 0 Å². The first-order valence-electron chi connectivity index (χ1n) is 5.56. The number of alkyl halides is 3. The zero-order valence-electron chi connectivity index (χ0n) is 10.5. The first-order valence-corrected chi connectivity index (χ1v) is 5.94. The molecule has 1 aromatic heterocycles. The maximum atomic E-state index is 12.4. The first-order chi connectivity index (χ1) is 8.09. The van der Waals surface area contributed by atoms with Gasteiger partial charge in [-0.1, -0.05) is 32.4 Å². The van der Waals surface area contributed by atoms with Gasteiger partial charge in [-0.05, 0) is 17.9 Å². The quantitative estimate of drug-likeness (QED) is 0.875. The van der Waals surface area contributed by atoms with Crippen LogP contribution in [0.2, 0.25) is 5.02 Å². The zero-order chi connectivity index (χ0) is 14.0. The number of nitrogens with one attached hydrogen (secondary N) is 1. The summed E-state index contributed by atoms with van der Waals surface area (Å²) in [6.07, 6.45) is -2.77. The molecule has 0 aliphatic heterocycles. The average Bonchev–Trinajstić information content (AvgIpc) is 2.17. The largest absolute Gasteiger partial charge is 0.417 e. The molecule has 6 heteroatoms. The van der Waals surface area contributed by atoms with Crippen molar-refractivity contribution >= 4 is 17.4 Å². The van der Waals surface area contributed by atoms with Crippen LogP contribution in [0.15, 0.2) is 12.3 Å². The van der Waals surface area contributed by atoms with E-state index in [4.69, 9.17) is 11.6 Å². The molecule has 0 fully saturated rings. The van der Waals surface area contributed by atoms with E-state index in [1.54, 1.807) is 0 Å². The summed E-state index contributed by atoms with van der Waals surface area (Å²) >= 11 is 5.76. The van der Waals surface area contributed by atoms with Gasteiger partial charge in [-0.15, -0.1) is 0 Å². The van der Waals surface area contributed by atoms with Crippen LogP contribution in [0.25, 0.3) is 0 Å². The molecule has 0 unspecified atom stereocenters. The van der Waals surface area contributed by atoms with Gasteiger partial charge >= 0.3 is 6.18 Å². The molecule has 0 saturated carbocycles. The van der Waals surface area contributed by atoms with E-state index in [1.807, 2.05) is 0 Å². The van der Waals surface area contributed by atoms with Crippen LogP contribution in [0.3, 0.4) is 0 Å². The van der Waals surface area contributed by atoms with Crippen LogP contribution in [-0.2, 0) is 6.18 Å². The zero-order valence-corrected chi connectivity index (χ0v) is 11.3. The smallest absolute Gasteiger partial charge is 0.369 e. The Labute approximate surface area is 110 Å². The Morgan fingerprint density at radius 3 is 2.33 bits per heavy atom. The average molecular weight is 281 g/mol. The van der Waals surface area contributed by atoms with Crippen LogP contribution in [0.1, 0.15) is 32.8 Å². The Morgan fingerprint density at radius 2 is 1.89 bits per heavy atom. The molecule has 0 aliphatic rings. The van der Waals surface area contributed by atoms with Crippen LogP contribution in [-0.4, -0.2) is 11.5 Å². The molecule has 1 N–H and O–H groups in total. The number of rotatable bonds is 3. The SMILES string of the molecule is CC(C)(C)CCNc1ncc(C(F)(F)F)cc1Cl. The van der Waals surface area contributed by atoms with Gasteiger partial charge in [-0.2, -0.15) is 13.2 Å². The Morgan fingerprint density at radius 1 is 1.28 bits per heavy atom. The number of hydrogen-bond acceptors (Lipinski definition) is 2. The highest BCUT2D eigenvalue weighted by Crippen LogP contribution is 2.32. The van der Waals surface area contributed by atoms with Crippen LogP contribution < -0.4 is 5.32 Å². The topological polar surface area (TPSA) is 24.9 Å². The fraction of sp³-hybridized carbons (Fsp3) is 0.583. The van der Waals surface area contributed by atoms with Gasteiger partial charge in [0.2, 0.25) is 0 Å². The minimum atomic E-state index is -4.42. The molecule has 2 nitrogen and oxygen atoms in total. The van der Waals surface area contributed by atoms with Gasteiger partial charge in [0.25, 0.3) is 0 Å². The fourth-order valence-electron chi connectivity index (χ4n) is 1.28. The van der Waals surface area contributed by atoms with Crippen molar-refractivity contribution in [3.63, 3.8) is 0 Å². The summed E-state index contributed by atoms with van der Waals surface area (Å²) in [5.74, 6) is 0.286. The number of nitrogens with zero attached hydrogens (tertiary/aromatic N) is 1. The number of hydrogen-bond donors (Lipinski definition) is 1. The summed E-state index contributed by atoms with van der Waals surface area (Å²) in [5, 5.41) is 2.92. The maximum Gasteiger partial charge on any atom is 0.417 e. The van der Waals surface area contributed by atoms with Crippen molar-refractivity contribution in [1.29, 1.82) is 0 Å². The van der Waals surface area contributed by atoms with E-state index in [2.05, 4.69) is 31.1 Å². The molecule has 0 bridgehead atoms. The second-order valence-electron chi connectivity index (χ2n) is 5.29.